The molecule has 1 saturated heterocycles. The summed E-state index contributed by atoms with van der Waals surface area (Å²) in [5, 5.41) is 7.45. The van der Waals surface area contributed by atoms with Gasteiger partial charge in [-0.1, -0.05) is 24.3 Å². The van der Waals surface area contributed by atoms with Crippen LogP contribution >= 0.6 is 0 Å². The van der Waals surface area contributed by atoms with E-state index >= 15 is 0 Å². The minimum atomic E-state index is -3.62. The molecule has 8 heteroatoms. The lowest BCUT2D eigenvalue weighted by molar-refractivity contribution is 0.315. The van der Waals surface area contributed by atoms with Crippen molar-refractivity contribution in [2.75, 3.05) is 31.1 Å². The van der Waals surface area contributed by atoms with Crippen molar-refractivity contribution in [3.63, 3.8) is 0 Å². The van der Waals surface area contributed by atoms with Crippen molar-refractivity contribution in [2.24, 2.45) is 0 Å². The Kier molecular flexibility index (Phi) is 3.70. The molecule has 0 aliphatic carbocycles. The highest BCUT2D eigenvalue weighted by Gasteiger charge is 2.30. The molecule has 0 atom stereocenters. The molecular weight excluding hydrogens is 328 g/mol. The van der Waals surface area contributed by atoms with Gasteiger partial charge in [0.25, 0.3) is 0 Å². The Morgan fingerprint density at radius 2 is 1.62 bits per heavy atom. The van der Waals surface area contributed by atoms with E-state index < -0.39 is 10.0 Å². The Labute approximate surface area is 139 Å². The van der Waals surface area contributed by atoms with Crippen molar-refractivity contribution < 1.29 is 13.0 Å². The smallest absolute Gasteiger partial charge is 0.245 e. The topological polar surface area (TPSA) is 79.5 Å². The molecule has 1 aliphatic heterocycles. The third-order valence-electron chi connectivity index (χ3n) is 4.23. The van der Waals surface area contributed by atoms with Crippen molar-refractivity contribution in [1.82, 2.24) is 14.6 Å². The Morgan fingerprint density at radius 1 is 0.875 bits per heavy atom. The van der Waals surface area contributed by atoms with E-state index in [0.717, 1.165) is 5.69 Å². The molecule has 0 spiro atoms. The summed E-state index contributed by atoms with van der Waals surface area (Å²) in [4.78, 5) is 2.33. The number of para-hydroxylation sites is 1. The van der Waals surface area contributed by atoms with Gasteiger partial charge in [0.1, 0.15) is 10.4 Å². The van der Waals surface area contributed by atoms with Gasteiger partial charge in [-0.2, -0.15) is 4.31 Å². The molecule has 3 aromatic rings. The minimum absolute atomic E-state index is 0.148. The van der Waals surface area contributed by atoms with Crippen molar-refractivity contribution in [1.29, 1.82) is 0 Å². The normalized spacial score (nSPS) is 16.6. The maximum atomic E-state index is 12.9. The predicted octanol–water partition coefficient (Wildman–Crippen LogP) is 1.73. The van der Waals surface area contributed by atoms with Crippen molar-refractivity contribution >= 4 is 26.7 Å². The molecule has 0 radical (unpaired) electrons. The molecule has 0 N–H and O–H groups in total. The first-order valence-corrected chi connectivity index (χ1v) is 9.12. The summed E-state index contributed by atoms with van der Waals surface area (Å²) in [6, 6.07) is 14.9. The number of rotatable bonds is 3. The third kappa shape index (κ3) is 2.53. The van der Waals surface area contributed by atoms with E-state index in [-0.39, 0.29) is 10.4 Å². The maximum Gasteiger partial charge on any atom is 0.245 e. The average Bonchev–Trinajstić information content (AvgIpc) is 3.11. The highest BCUT2D eigenvalue weighted by molar-refractivity contribution is 7.89. The number of benzene rings is 2. The molecule has 124 valence electrons. The number of aromatic nitrogens is 2. The van der Waals surface area contributed by atoms with Crippen molar-refractivity contribution in [3.05, 3.63) is 48.5 Å². The molecule has 2 aromatic carbocycles. The lowest BCUT2D eigenvalue weighted by atomic mass is 10.2. The summed E-state index contributed by atoms with van der Waals surface area (Å²) >= 11 is 0. The van der Waals surface area contributed by atoms with E-state index in [4.69, 9.17) is 0 Å². The van der Waals surface area contributed by atoms with Crippen LogP contribution in [0, 0.1) is 0 Å². The zero-order chi connectivity index (χ0) is 16.6. The van der Waals surface area contributed by atoms with Crippen LogP contribution in [0.25, 0.3) is 11.0 Å². The molecule has 7 nitrogen and oxygen atoms in total. The van der Waals surface area contributed by atoms with E-state index in [9.17, 15) is 8.42 Å². The summed E-state index contributed by atoms with van der Waals surface area (Å²) in [5.74, 6) is 0. The Bertz CT molecular complexity index is 948. The van der Waals surface area contributed by atoms with E-state index in [2.05, 4.69) is 19.8 Å². The summed E-state index contributed by atoms with van der Waals surface area (Å²) in [6.45, 7) is 2.16. The van der Waals surface area contributed by atoms with Gasteiger partial charge in [-0.25, -0.2) is 13.0 Å². The summed E-state index contributed by atoms with van der Waals surface area (Å²) in [5.41, 5.74) is 1.83. The first-order valence-electron chi connectivity index (χ1n) is 7.68. The highest BCUT2D eigenvalue weighted by Crippen LogP contribution is 2.25. The van der Waals surface area contributed by atoms with Crippen LogP contribution in [0.15, 0.2) is 58.1 Å². The number of hydrogen-bond acceptors (Lipinski definition) is 6. The molecule has 1 aromatic heterocycles. The van der Waals surface area contributed by atoms with Crippen LogP contribution in [-0.2, 0) is 10.0 Å². The molecule has 24 heavy (non-hydrogen) atoms. The molecule has 0 bridgehead atoms. The highest BCUT2D eigenvalue weighted by atomic mass is 32.2. The molecule has 2 heterocycles. The first kappa shape index (κ1) is 15.1. The molecule has 1 aliphatic rings. The SMILES string of the molecule is O=S(=O)(c1cccc2nonc12)N1CCN(c2ccccc2)CC1. The molecule has 1 fully saturated rings. The Balaban J connectivity index is 1.58. The Morgan fingerprint density at radius 3 is 2.38 bits per heavy atom. The van der Waals surface area contributed by atoms with Gasteiger partial charge in [-0.3, -0.25) is 0 Å². The monoisotopic (exact) mass is 344 g/mol. The fraction of sp³-hybridized carbons (Fsp3) is 0.250. The van der Waals surface area contributed by atoms with E-state index in [1.165, 1.54) is 4.31 Å². The van der Waals surface area contributed by atoms with Crippen molar-refractivity contribution in [3.8, 4) is 0 Å². The summed E-state index contributed by atoms with van der Waals surface area (Å²) in [6.07, 6.45) is 0. The van der Waals surface area contributed by atoms with Crippen LogP contribution < -0.4 is 4.90 Å². The summed E-state index contributed by atoms with van der Waals surface area (Å²) < 4.78 is 32.0. The van der Waals surface area contributed by atoms with Crippen LogP contribution in [0.1, 0.15) is 0 Å². The van der Waals surface area contributed by atoms with Gasteiger partial charge in [0.15, 0.2) is 5.52 Å². The molecule has 0 unspecified atom stereocenters. The van der Waals surface area contributed by atoms with Gasteiger partial charge in [-0.05, 0) is 34.6 Å². The van der Waals surface area contributed by atoms with Gasteiger partial charge in [-0.15, -0.1) is 0 Å². The lowest BCUT2D eigenvalue weighted by Crippen LogP contribution is -2.48. The van der Waals surface area contributed by atoms with Gasteiger partial charge < -0.3 is 4.90 Å². The van der Waals surface area contributed by atoms with Gasteiger partial charge in [0.2, 0.25) is 10.0 Å². The quantitative estimate of drug-likeness (QED) is 0.720. The Hall–Kier alpha value is -2.45. The van der Waals surface area contributed by atoms with E-state index in [1.807, 2.05) is 30.3 Å². The fourth-order valence-corrected chi connectivity index (χ4v) is 4.51. The van der Waals surface area contributed by atoms with Crippen LogP contribution in [-0.4, -0.2) is 49.2 Å². The summed E-state index contributed by atoms with van der Waals surface area (Å²) in [7, 11) is -3.62. The van der Waals surface area contributed by atoms with E-state index in [0.29, 0.717) is 31.7 Å². The second-order valence-electron chi connectivity index (χ2n) is 5.61. The third-order valence-corrected chi connectivity index (χ3v) is 6.16. The average molecular weight is 344 g/mol. The number of hydrogen-bond donors (Lipinski definition) is 0. The van der Waals surface area contributed by atoms with Crippen LogP contribution in [0.3, 0.4) is 0 Å². The second kappa shape index (κ2) is 5.88. The molecule has 0 amide bonds. The van der Waals surface area contributed by atoms with Gasteiger partial charge >= 0.3 is 0 Å². The van der Waals surface area contributed by atoms with Crippen LogP contribution in [0.2, 0.25) is 0 Å². The van der Waals surface area contributed by atoms with Crippen LogP contribution in [0.4, 0.5) is 5.69 Å². The number of nitrogens with zero attached hydrogens (tertiary/aromatic N) is 4. The predicted molar refractivity (Wildman–Crippen MR) is 89.2 cm³/mol. The maximum absolute atomic E-state index is 12.9. The van der Waals surface area contributed by atoms with Gasteiger partial charge in [0, 0.05) is 31.9 Å². The lowest BCUT2D eigenvalue weighted by Gasteiger charge is -2.35. The number of fused-ring (bicyclic) bond motifs is 1. The largest absolute Gasteiger partial charge is 0.369 e. The number of piperazine rings is 1. The molecule has 4 rings (SSSR count). The number of sulfonamides is 1. The molecule has 0 saturated carbocycles. The minimum Gasteiger partial charge on any atom is -0.369 e. The fourth-order valence-electron chi connectivity index (χ4n) is 2.95. The zero-order valence-corrected chi connectivity index (χ0v) is 13.7. The van der Waals surface area contributed by atoms with E-state index in [1.54, 1.807) is 18.2 Å². The zero-order valence-electron chi connectivity index (χ0n) is 12.9. The van der Waals surface area contributed by atoms with Gasteiger partial charge in [0.05, 0.1) is 0 Å². The van der Waals surface area contributed by atoms with Crippen LogP contribution in [0.5, 0.6) is 0 Å². The second-order valence-corrected chi connectivity index (χ2v) is 7.52. The van der Waals surface area contributed by atoms with Crippen molar-refractivity contribution in [2.45, 2.75) is 4.90 Å². The molecular formula is C16H16N4O3S. The first-order chi connectivity index (χ1) is 11.7. The number of anilines is 1. The standard InChI is InChI=1S/C16H16N4O3S/c21-24(22,15-8-4-7-14-16(15)18-23-17-14)20-11-9-19(10-12-20)13-5-2-1-3-6-13/h1-8H,9-12H2.